The highest BCUT2D eigenvalue weighted by atomic mass is 32.2. The van der Waals surface area contributed by atoms with Crippen molar-refractivity contribution in [2.45, 2.75) is 11.8 Å². The number of thioether (sulfide) groups is 1. The molecule has 0 fully saturated rings. The first-order valence-corrected chi connectivity index (χ1v) is 7.84. The number of sulfone groups is 1. The molecule has 5 nitrogen and oxygen atoms in total. The molecule has 0 spiro atoms. The number of pyridine rings is 1. The van der Waals surface area contributed by atoms with Gasteiger partial charge in [0.2, 0.25) is 0 Å². The molecule has 0 bridgehead atoms. The third-order valence-corrected chi connectivity index (χ3v) is 4.21. The summed E-state index contributed by atoms with van der Waals surface area (Å²) in [6, 6.07) is 1.65. The molecule has 1 heterocycles. The average Bonchev–Trinajstić information content (AvgIpc) is 2.15. The molecular weight excluding hydrogens is 262 g/mol. The molecule has 1 rings (SSSR count). The van der Waals surface area contributed by atoms with Gasteiger partial charge in [0.25, 0.3) is 0 Å². The number of carboxylic acids is 1. The predicted molar refractivity (Wildman–Crippen MR) is 66.4 cm³/mol. The van der Waals surface area contributed by atoms with E-state index in [4.69, 9.17) is 5.11 Å². The predicted octanol–water partition coefficient (Wildman–Crippen LogP) is 1.22. The van der Waals surface area contributed by atoms with Crippen molar-refractivity contribution >= 4 is 27.6 Å². The van der Waals surface area contributed by atoms with Crippen LogP contribution < -0.4 is 0 Å². The van der Waals surface area contributed by atoms with Crippen LogP contribution in [0.3, 0.4) is 0 Å². The van der Waals surface area contributed by atoms with E-state index in [-0.39, 0.29) is 11.3 Å². The van der Waals surface area contributed by atoms with E-state index in [1.54, 1.807) is 13.0 Å². The number of hydrogen-bond donors (Lipinski definition) is 1. The third-order valence-electron chi connectivity index (χ3n) is 1.94. The van der Waals surface area contributed by atoms with Gasteiger partial charge in [-0.25, -0.2) is 13.2 Å². The molecule has 0 unspecified atom stereocenters. The SMILES string of the molecule is Cc1cc(SCCS(C)(=O)=O)c(C(=O)O)cn1. The lowest BCUT2D eigenvalue weighted by molar-refractivity contribution is 0.0692. The summed E-state index contributed by atoms with van der Waals surface area (Å²) < 4.78 is 21.9. The minimum atomic E-state index is -3.02. The molecule has 17 heavy (non-hydrogen) atoms. The molecule has 0 saturated heterocycles. The Morgan fingerprint density at radius 3 is 2.71 bits per heavy atom. The van der Waals surface area contributed by atoms with Gasteiger partial charge < -0.3 is 5.11 Å². The number of hydrogen-bond acceptors (Lipinski definition) is 5. The molecule has 0 aliphatic carbocycles. The zero-order chi connectivity index (χ0) is 13.1. The molecular formula is C10H13NO4S2. The first-order chi connectivity index (χ1) is 7.79. The Morgan fingerprint density at radius 2 is 2.18 bits per heavy atom. The van der Waals surface area contributed by atoms with Gasteiger partial charge in [-0.2, -0.15) is 0 Å². The van der Waals surface area contributed by atoms with Gasteiger partial charge >= 0.3 is 5.97 Å². The number of carbonyl (C=O) groups is 1. The van der Waals surface area contributed by atoms with Crippen molar-refractivity contribution in [1.82, 2.24) is 4.98 Å². The fourth-order valence-corrected chi connectivity index (χ4v) is 3.43. The second-order valence-corrected chi connectivity index (χ2v) is 7.00. The Kier molecular flexibility index (Phi) is 4.53. The van der Waals surface area contributed by atoms with Gasteiger partial charge in [0, 0.05) is 28.8 Å². The second-order valence-electron chi connectivity index (χ2n) is 3.61. The van der Waals surface area contributed by atoms with E-state index in [0.717, 1.165) is 6.26 Å². The van der Waals surface area contributed by atoms with Gasteiger partial charge in [0.15, 0.2) is 0 Å². The van der Waals surface area contributed by atoms with Gasteiger partial charge in [-0.15, -0.1) is 11.8 Å². The summed E-state index contributed by atoms with van der Waals surface area (Å²) in [7, 11) is -3.02. The molecule has 0 aliphatic heterocycles. The van der Waals surface area contributed by atoms with E-state index < -0.39 is 15.8 Å². The lowest BCUT2D eigenvalue weighted by Gasteiger charge is -2.05. The Hall–Kier alpha value is -1.08. The Morgan fingerprint density at radius 1 is 1.53 bits per heavy atom. The molecule has 7 heteroatoms. The van der Waals surface area contributed by atoms with E-state index in [9.17, 15) is 13.2 Å². The van der Waals surface area contributed by atoms with Gasteiger partial charge in [-0.05, 0) is 13.0 Å². The molecule has 0 saturated carbocycles. The van der Waals surface area contributed by atoms with Crippen LogP contribution in [0.25, 0.3) is 0 Å². The largest absolute Gasteiger partial charge is 0.478 e. The zero-order valence-electron chi connectivity index (χ0n) is 9.50. The minimum absolute atomic E-state index is 0.0259. The van der Waals surface area contributed by atoms with Crippen LogP contribution in [0.5, 0.6) is 0 Å². The van der Waals surface area contributed by atoms with E-state index >= 15 is 0 Å². The molecule has 1 aromatic heterocycles. The van der Waals surface area contributed by atoms with Crippen molar-refractivity contribution in [2.75, 3.05) is 17.8 Å². The molecule has 0 atom stereocenters. The van der Waals surface area contributed by atoms with Gasteiger partial charge in [0.1, 0.15) is 9.84 Å². The molecule has 0 aliphatic rings. The van der Waals surface area contributed by atoms with E-state index in [0.29, 0.717) is 16.3 Å². The van der Waals surface area contributed by atoms with Gasteiger partial charge in [-0.3, -0.25) is 4.98 Å². The summed E-state index contributed by atoms with van der Waals surface area (Å²) in [6.45, 7) is 1.76. The highest BCUT2D eigenvalue weighted by molar-refractivity contribution is 8.00. The summed E-state index contributed by atoms with van der Waals surface area (Å²) in [5.74, 6) is -0.694. The minimum Gasteiger partial charge on any atom is -0.478 e. The summed E-state index contributed by atoms with van der Waals surface area (Å²) in [6.07, 6.45) is 2.45. The third kappa shape index (κ3) is 4.74. The average molecular weight is 275 g/mol. The van der Waals surface area contributed by atoms with Crippen LogP contribution in [-0.4, -0.2) is 42.2 Å². The maximum absolute atomic E-state index is 11.0. The van der Waals surface area contributed by atoms with Crippen LogP contribution in [0.15, 0.2) is 17.2 Å². The standard InChI is InChI=1S/C10H13NO4S2/c1-7-5-9(8(6-11-7)10(12)13)16-3-4-17(2,14)15/h5-6H,3-4H2,1-2H3,(H,12,13). The quantitative estimate of drug-likeness (QED) is 0.813. The van der Waals surface area contributed by atoms with Crippen molar-refractivity contribution in [3.63, 3.8) is 0 Å². The zero-order valence-corrected chi connectivity index (χ0v) is 11.1. The van der Waals surface area contributed by atoms with Crippen molar-refractivity contribution in [2.24, 2.45) is 0 Å². The Balaban J connectivity index is 2.82. The van der Waals surface area contributed by atoms with Crippen molar-refractivity contribution in [1.29, 1.82) is 0 Å². The first-order valence-electron chi connectivity index (χ1n) is 4.80. The van der Waals surface area contributed by atoms with Crippen LogP contribution in [0, 0.1) is 6.92 Å². The molecule has 0 aromatic carbocycles. The second kappa shape index (κ2) is 5.50. The van der Waals surface area contributed by atoms with Crippen molar-refractivity contribution in [3.8, 4) is 0 Å². The number of carboxylic acid groups (broad SMARTS) is 1. The van der Waals surface area contributed by atoms with E-state index in [1.165, 1.54) is 18.0 Å². The normalized spacial score (nSPS) is 11.4. The fraction of sp³-hybridized carbons (Fsp3) is 0.400. The number of rotatable bonds is 5. The lowest BCUT2D eigenvalue weighted by atomic mass is 10.2. The van der Waals surface area contributed by atoms with Gasteiger partial charge in [-0.1, -0.05) is 0 Å². The molecule has 1 aromatic rings. The van der Waals surface area contributed by atoms with Crippen LogP contribution in [0.1, 0.15) is 16.1 Å². The number of aromatic carboxylic acids is 1. The number of aryl methyl sites for hydroxylation is 1. The van der Waals surface area contributed by atoms with Crippen molar-refractivity contribution in [3.05, 3.63) is 23.5 Å². The van der Waals surface area contributed by atoms with E-state index in [2.05, 4.69) is 4.98 Å². The summed E-state index contributed by atoms with van der Waals surface area (Å²) in [5, 5.41) is 8.94. The number of aromatic nitrogens is 1. The van der Waals surface area contributed by atoms with E-state index in [1.807, 2.05) is 0 Å². The fourth-order valence-electron chi connectivity index (χ4n) is 1.12. The molecule has 1 N–H and O–H groups in total. The number of nitrogens with zero attached hydrogens (tertiary/aromatic N) is 1. The summed E-state index contributed by atoms with van der Waals surface area (Å²) >= 11 is 1.22. The first kappa shape index (κ1) is 14.0. The smallest absolute Gasteiger partial charge is 0.338 e. The topological polar surface area (TPSA) is 84.3 Å². The van der Waals surface area contributed by atoms with Crippen LogP contribution in [0.2, 0.25) is 0 Å². The molecule has 0 radical (unpaired) electrons. The summed E-state index contributed by atoms with van der Waals surface area (Å²) in [5.41, 5.74) is 0.811. The van der Waals surface area contributed by atoms with Crippen LogP contribution >= 0.6 is 11.8 Å². The Labute approximate surface area is 104 Å². The monoisotopic (exact) mass is 275 g/mol. The van der Waals surface area contributed by atoms with Crippen LogP contribution in [0.4, 0.5) is 0 Å². The lowest BCUT2D eigenvalue weighted by Crippen LogP contribution is -2.06. The summed E-state index contributed by atoms with van der Waals surface area (Å²) in [4.78, 5) is 15.4. The van der Waals surface area contributed by atoms with Crippen molar-refractivity contribution < 1.29 is 18.3 Å². The molecule has 94 valence electrons. The highest BCUT2D eigenvalue weighted by Gasteiger charge is 2.12. The molecule has 0 amide bonds. The highest BCUT2D eigenvalue weighted by Crippen LogP contribution is 2.23. The Bertz CT molecular complexity index is 525. The van der Waals surface area contributed by atoms with Gasteiger partial charge in [0.05, 0.1) is 11.3 Å². The maximum Gasteiger partial charge on any atom is 0.338 e. The maximum atomic E-state index is 11.0. The van der Waals surface area contributed by atoms with Crippen LogP contribution in [-0.2, 0) is 9.84 Å².